The van der Waals surface area contributed by atoms with Crippen LogP contribution in [0.4, 0.5) is 0 Å². The molecule has 3 aromatic heterocycles. The molecule has 3 N–H and O–H groups in total. The number of amides is 1. The van der Waals surface area contributed by atoms with Gasteiger partial charge in [0.2, 0.25) is 0 Å². The van der Waals surface area contributed by atoms with E-state index in [1.165, 1.54) is 17.3 Å². The van der Waals surface area contributed by atoms with Crippen molar-refractivity contribution in [1.29, 1.82) is 0 Å². The van der Waals surface area contributed by atoms with Gasteiger partial charge in [-0.25, -0.2) is 4.98 Å². The Hall–Kier alpha value is -5.11. The fourth-order valence-corrected chi connectivity index (χ4v) is 5.55. The SMILES string of the molecule is CCc1ccc(Cn2c(CCc3ccccc3)nnc2[C@H](Cc2c[nH]c3ccccc23)c2nccnc2C(N)=O)cc1. The lowest BCUT2D eigenvalue weighted by Crippen LogP contribution is -2.23. The molecule has 6 aromatic rings. The molecule has 3 aromatic carbocycles. The number of H-pyrrole nitrogens is 1. The summed E-state index contributed by atoms with van der Waals surface area (Å²) in [4.78, 5) is 24.9. The number of aromatic nitrogens is 6. The van der Waals surface area contributed by atoms with Crippen molar-refractivity contribution in [1.82, 2.24) is 29.7 Å². The number of carbonyl (C=O) groups is 1. The van der Waals surface area contributed by atoms with Crippen LogP contribution in [0.5, 0.6) is 0 Å². The van der Waals surface area contributed by atoms with E-state index in [9.17, 15) is 4.79 Å². The highest BCUT2D eigenvalue weighted by atomic mass is 16.1. The number of nitrogens with zero attached hydrogens (tertiary/aromatic N) is 5. The normalized spacial score (nSPS) is 12.0. The molecule has 210 valence electrons. The van der Waals surface area contributed by atoms with Gasteiger partial charge in [-0.3, -0.25) is 9.78 Å². The number of nitrogens with two attached hydrogens (primary N) is 1. The van der Waals surface area contributed by atoms with Gasteiger partial charge in [0.25, 0.3) is 5.91 Å². The first-order valence-corrected chi connectivity index (χ1v) is 14.3. The number of carbonyl (C=O) groups excluding carboxylic acids is 1. The Balaban J connectivity index is 1.47. The number of primary amides is 1. The lowest BCUT2D eigenvalue weighted by atomic mass is 9.92. The summed E-state index contributed by atoms with van der Waals surface area (Å²) >= 11 is 0. The van der Waals surface area contributed by atoms with E-state index in [2.05, 4.69) is 87.1 Å². The molecule has 1 amide bonds. The zero-order valence-corrected chi connectivity index (χ0v) is 23.6. The summed E-state index contributed by atoms with van der Waals surface area (Å²) < 4.78 is 2.18. The van der Waals surface area contributed by atoms with Gasteiger partial charge in [0.1, 0.15) is 17.3 Å². The number of benzene rings is 3. The molecule has 8 nitrogen and oxygen atoms in total. The van der Waals surface area contributed by atoms with Crippen LogP contribution >= 0.6 is 0 Å². The van der Waals surface area contributed by atoms with Crippen molar-refractivity contribution in [3.05, 3.63) is 143 Å². The summed E-state index contributed by atoms with van der Waals surface area (Å²) in [6, 6.07) is 27.2. The van der Waals surface area contributed by atoms with Gasteiger partial charge in [0, 0.05) is 35.9 Å². The molecule has 3 heterocycles. The summed E-state index contributed by atoms with van der Waals surface area (Å²) in [5.41, 5.74) is 12.3. The second-order valence-electron chi connectivity index (χ2n) is 10.5. The molecule has 0 saturated carbocycles. The fourth-order valence-electron chi connectivity index (χ4n) is 5.55. The van der Waals surface area contributed by atoms with Gasteiger partial charge in [0.05, 0.1) is 18.2 Å². The van der Waals surface area contributed by atoms with E-state index in [-0.39, 0.29) is 5.69 Å². The molecule has 0 unspecified atom stereocenters. The largest absolute Gasteiger partial charge is 0.364 e. The minimum atomic E-state index is -0.618. The maximum absolute atomic E-state index is 12.5. The molecular weight excluding hydrogens is 522 g/mol. The van der Waals surface area contributed by atoms with E-state index in [0.29, 0.717) is 25.1 Å². The first kappa shape index (κ1) is 27.1. The molecule has 0 aliphatic carbocycles. The van der Waals surface area contributed by atoms with E-state index in [1.54, 1.807) is 6.20 Å². The van der Waals surface area contributed by atoms with E-state index >= 15 is 0 Å². The molecule has 0 spiro atoms. The lowest BCUT2D eigenvalue weighted by molar-refractivity contribution is 0.0993. The summed E-state index contributed by atoms with van der Waals surface area (Å²) in [5, 5.41) is 10.6. The molecule has 0 aliphatic rings. The zero-order chi connectivity index (χ0) is 28.9. The third-order valence-electron chi connectivity index (χ3n) is 7.81. The zero-order valence-electron chi connectivity index (χ0n) is 23.6. The van der Waals surface area contributed by atoms with Gasteiger partial charge < -0.3 is 15.3 Å². The highest BCUT2D eigenvalue weighted by Crippen LogP contribution is 2.32. The Labute approximate surface area is 244 Å². The average Bonchev–Trinajstić information content (AvgIpc) is 3.63. The van der Waals surface area contributed by atoms with Crippen molar-refractivity contribution in [2.24, 2.45) is 5.73 Å². The maximum Gasteiger partial charge on any atom is 0.269 e. The van der Waals surface area contributed by atoms with Crippen LogP contribution in [0.2, 0.25) is 0 Å². The summed E-state index contributed by atoms with van der Waals surface area (Å²) in [6.07, 6.45) is 8.18. The number of hydrogen-bond acceptors (Lipinski definition) is 5. The Kier molecular flexibility index (Phi) is 7.85. The number of aromatic amines is 1. The van der Waals surface area contributed by atoms with Crippen LogP contribution in [-0.4, -0.2) is 35.6 Å². The van der Waals surface area contributed by atoms with E-state index in [0.717, 1.165) is 46.5 Å². The molecule has 0 bridgehead atoms. The van der Waals surface area contributed by atoms with Crippen molar-refractivity contribution < 1.29 is 4.79 Å². The van der Waals surface area contributed by atoms with Gasteiger partial charge in [0.15, 0.2) is 0 Å². The number of hydrogen-bond donors (Lipinski definition) is 2. The molecular formula is C34H33N7O. The predicted octanol–water partition coefficient (Wildman–Crippen LogP) is 5.42. The van der Waals surface area contributed by atoms with Crippen molar-refractivity contribution >= 4 is 16.8 Å². The molecule has 0 aliphatic heterocycles. The van der Waals surface area contributed by atoms with Gasteiger partial charge in [-0.15, -0.1) is 10.2 Å². The number of para-hydroxylation sites is 1. The summed E-state index contributed by atoms with van der Waals surface area (Å²) in [7, 11) is 0. The van der Waals surface area contributed by atoms with Gasteiger partial charge in [-0.2, -0.15) is 0 Å². The molecule has 6 rings (SSSR count). The summed E-state index contributed by atoms with van der Waals surface area (Å²) in [5.74, 6) is 0.577. The van der Waals surface area contributed by atoms with Crippen molar-refractivity contribution in [3.8, 4) is 0 Å². The topological polar surface area (TPSA) is 115 Å². The van der Waals surface area contributed by atoms with Gasteiger partial charge in [-0.05, 0) is 47.6 Å². The number of rotatable bonds is 11. The smallest absolute Gasteiger partial charge is 0.269 e. The highest BCUT2D eigenvalue weighted by molar-refractivity contribution is 5.92. The molecule has 42 heavy (non-hydrogen) atoms. The van der Waals surface area contributed by atoms with Crippen LogP contribution in [0.3, 0.4) is 0 Å². The minimum absolute atomic E-state index is 0.148. The monoisotopic (exact) mass is 555 g/mol. The number of aryl methyl sites for hydroxylation is 3. The van der Waals surface area contributed by atoms with Gasteiger partial charge >= 0.3 is 0 Å². The van der Waals surface area contributed by atoms with Crippen LogP contribution < -0.4 is 5.73 Å². The average molecular weight is 556 g/mol. The summed E-state index contributed by atoms with van der Waals surface area (Å²) in [6.45, 7) is 2.74. The van der Waals surface area contributed by atoms with E-state index in [1.807, 2.05) is 24.4 Å². The molecule has 8 heteroatoms. The van der Waals surface area contributed by atoms with Crippen molar-refractivity contribution in [3.63, 3.8) is 0 Å². The Bertz CT molecular complexity index is 1810. The Morgan fingerprint density at radius 2 is 1.60 bits per heavy atom. The van der Waals surface area contributed by atoms with Gasteiger partial charge in [-0.1, -0.05) is 79.7 Å². The van der Waals surface area contributed by atoms with Crippen LogP contribution in [0.25, 0.3) is 10.9 Å². The quantitative estimate of drug-likeness (QED) is 0.222. The molecule has 0 fully saturated rings. The highest BCUT2D eigenvalue weighted by Gasteiger charge is 2.29. The Morgan fingerprint density at radius 3 is 2.38 bits per heavy atom. The molecule has 1 atom stereocenters. The van der Waals surface area contributed by atoms with Crippen LogP contribution in [0.1, 0.15) is 62.9 Å². The second-order valence-corrected chi connectivity index (χ2v) is 10.5. The second kappa shape index (κ2) is 12.2. The van der Waals surface area contributed by atoms with E-state index < -0.39 is 11.8 Å². The maximum atomic E-state index is 12.5. The predicted molar refractivity (Wildman–Crippen MR) is 163 cm³/mol. The minimum Gasteiger partial charge on any atom is -0.364 e. The van der Waals surface area contributed by atoms with Crippen LogP contribution in [-0.2, 0) is 32.2 Å². The standard InChI is InChI=1S/C34H33N7O/c1-2-23-12-14-25(15-13-23)22-41-30(17-16-24-8-4-3-5-9-24)39-40-34(41)28(31-32(33(35)42)37-19-18-36-31)20-26-21-38-29-11-7-6-10-27(26)29/h3-15,18-19,21,28,38H,2,16-17,20,22H2,1H3,(H2,35,42)/t28-/m1/s1. The fraction of sp³-hybridized carbons (Fsp3) is 0.206. The van der Waals surface area contributed by atoms with E-state index in [4.69, 9.17) is 15.9 Å². The van der Waals surface area contributed by atoms with Crippen molar-refractivity contribution in [2.45, 2.75) is 45.1 Å². The third-order valence-corrected chi connectivity index (χ3v) is 7.81. The lowest BCUT2D eigenvalue weighted by Gasteiger charge is -2.20. The number of fused-ring (bicyclic) bond motifs is 1. The van der Waals surface area contributed by atoms with Crippen LogP contribution in [0, 0.1) is 0 Å². The third kappa shape index (κ3) is 5.69. The Morgan fingerprint density at radius 1 is 0.857 bits per heavy atom. The molecule has 0 saturated heterocycles. The van der Waals surface area contributed by atoms with Crippen LogP contribution in [0.15, 0.2) is 97.5 Å². The first-order valence-electron chi connectivity index (χ1n) is 14.3. The number of nitrogens with one attached hydrogen (secondary N) is 1. The molecule has 0 radical (unpaired) electrons. The van der Waals surface area contributed by atoms with Crippen molar-refractivity contribution in [2.75, 3.05) is 0 Å². The first-order chi connectivity index (χ1) is 20.6.